The number of nitrogens with zero attached hydrogens (tertiary/aromatic N) is 2. The monoisotopic (exact) mass is 303 g/mol. The number of carbonyl (C=O) groups is 2. The van der Waals surface area contributed by atoms with E-state index in [1.54, 1.807) is 25.3 Å². The third kappa shape index (κ3) is 1.61. The van der Waals surface area contributed by atoms with Crippen LogP contribution in [-0.2, 0) is 15.4 Å². The van der Waals surface area contributed by atoms with E-state index in [0.29, 0.717) is 11.3 Å². The average Bonchev–Trinajstić information content (AvgIpc) is 2.80. The van der Waals surface area contributed by atoms with E-state index in [1.807, 2.05) is 27.7 Å². The molecule has 1 saturated heterocycles. The number of rotatable bonds is 3. The summed E-state index contributed by atoms with van der Waals surface area (Å²) in [5, 5.41) is 2.90. The third-order valence-corrected chi connectivity index (χ3v) is 4.61. The van der Waals surface area contributed by atoms with Gasteiger partial charge in [-0.2, -0.15) is 0 Å². The Morgan fingerprint density at radius 1 is 1.27 bits per heavy atom. The number of hydrogen-bond acceptors (Lipinski definition) is 4. The summed E-state index contributed by atoms with van der Waals surface area (Å²) in [5.41, 5.74) is -0.0337. The van der Waals surface area contributed by atoms with Gasteiger partial charge < -0.3 is 10.1 Å². The number of ether oxygens (including phenoxy) is 1. The number of pyridine rings is 1. The van der Waals surface area contributed by atoms with Crippen LogP contribution in [0.1, 0.15) is 50.7 Å². The molecular formula is C16H21N3O3. The maximum atomic E-state index is 12.9. The molecule has 3 rings (SSSR count). The number of carbonyl (C=O) groups excluding carboxylic acids is 2. The second-order valence-corrected chi connectivity index (χ2v) is 6.61. The van der Waals surface area contributed by atoms with Gasteiger partial charge in [-0.05, 0) is 38.8 Å². The Labute approximate surface area is 129 Å². The van der Waals surface area contributed by atoms with Gasteiger partial charge in [0, 0.05) is 6.20 Å². The van der Waals surface area contributed by atoms with Crippen LogP contribution in [0.2, 0.25) is 0 Å². The van der Waals surface area contributed by atoms with Gasteiger partial charge in [0.25, 0.3) is 11.8 Å². The van der Waals surface area contributed by atoms with E-state index < -0.39 is 11.4 Å². The summed E-state index contributed by atoms with van der Waals surface area (Å²) in [6.07, 6.45) is 1.43. The van der Waals surface area contributed by atoms with Crippen molar-refractivity contribution in [1.29, 1.82) is 0 Å². The fraction of sp³-hybridized carbons (Fsp3) is 0.562. The molecule has 0 bridgehead atoms. The van der Waals surface area contributed by atoms with Crippen LogP contribution in [0.15, 0.2) is 18.3 Å². The highest BCUT2D eigenvalue weighted by Crippen LogP contribution is 2.48. The summed E-state index contributed by atoms with van der Waals surface area (Å²) < 4.78 is 6.05. The van der Waals surface area contributed by atoms with E-state index in [-0.39, 0.29) is 23.8 Å². The fourth-order valence-electron chi connectivity index (χ4n) is 3.25. The number of aromatic nitrogens is 1. The van der Waals surface area contributed by atoms with Crippen LogP contribution in [0.3, 0.4) is 0 Å². The zero-order valence-electron chi connectivity index (χ0n) is 13.5. The lowest BCUT2D eigenvalue weighted by Crippen LogP contribution is -2.56. The highest BCUT2D eigenvalue weighted by atomic mass is 16.5. The molecule has 1 aromatic heterocycles. The molecule has 3 heterocycles. The zero-order valence-corrected chi connectivity index (χ0v) is 13.5. The molecule has 2 aliphatic heterocycles. The molecule has 118 valence electrons. The molecule has 2 amide bonds. The summed E-state index contributed by atoms with van der Waals surface area (Å²) in [7, 11) is 0. The van der Waals surface area contributed by atoms with Crippen LogP contribution < -0.4 is 5.32 Å². The lowest BCUT2D eigenvalue weighted by Gasteiger charge is -2.40. The van der Waals surface area contributed by atoms with Crippen LogP contribution in [0, 0.1) is 5.92 Å². The largest absolute Gasteiger partial charge is 0.330 e. The highest BCUT2D eigenvalue weighted by molar-refractivity contribution is 6.06. The van der Waals surface area contributed by atoms with E-state index in [4.69, 9.17) is 4.74 Å². The normalized spacial score (nSPS) is 30.0. The molecule has 1 fully saturated rings. The zero-order chi connectivity index (χ0) is 16.3. The van der Waals surface area contributed by atoms with Crippen molar-refractivity contribution in [3.63, 3.8) is 0 Å². The van der Waals surface area contributed by atoms with E-state index >= 15 is 0 Å². The standard InChI is InChI=1S/C16H21N3O3/c1-9(2)15(5)14(21)18-16(22-10(3)4)12-11(7-6-8-17-12)13(20)19(15)16/h6-10H,1-5H3,(H,18,21). The van der Waals surface area contributed by atoms with Crippen LogP contribution in [0.4, 0.5) is 0 Å². The van der Waals surface area contributed by atoms with Crippen LogP contribution in [-0.4, -0.2) is 33.3 Å². The number of hydrogen-bond donors (Lipinski definition) is 1. The third-order valence-electron chi connectivity index (χ3n) is 4.61. The summed E-state index contributed by atoms with van der Waals surface area (Å²) >= 11 is 0. The Hall–Kier alpha value is -1.95. The predicted molar refractivity (Wildman–Crippen MR) is 79.7 cm³/mol. The topological polar surface area (TPSA) is 71.5 Å². The Morgan fingerprint density at radius 3 is 2.55 bits per heavy atom. The van der Waals surface area contributed by atoms with Crippen LogP contribution >= 0.6 is 0 Å². The van der Waals surface area contributed by atoms with Crippen molar-refractivity contribution in [2.24, 2.45) is 5.92 Å². The molecule has 1 aromatic rings. The maximum Gasteiger partial charge on any atom is 0.271 e. The molecule has 6 heteroatoms. The SMILES string of the molecule is CC(C)OC12NC(=O)C(C)(C(C)C)N1C(=O)c1cccnc12. The van der Waals surface area contributed by atoms with Gasteiger partial charge in [0.05, 0.1) is 11.7 Å². The molecule has 2 unspecified atom stereocenters. The van der Waals surface area contributed by atoms with Gasteiger partial charge in [-0.3, -0.25) is 19.5 Å². The van der Waals surface area contributed by atoms with E-state index in [0.717, 1.165) is 0 Å². The second kappa shape index (κ2) is 4.52. The first-order chi connectivity index (χ1) is 10.2. The molecule has 0 saturated carbocycles. The smallest absolute Gasteiger partial charge is 0.271 e. The number of nitrogens with one attached hydrogen (secondary N) is 1. The first kappa shape index (κ1) is 15.0. The summed E-state index contributed by atoms with van der Waals surface area (Å²) in [6, 6.07) is 3.44. The van der Waals surface area contributed by atoms with Crippen molar-refractivity contribution in [1.82, 2.24) is 15.2 Å². The van der Waals surface area contributed by atoms with E-state index in [1.165, 1.54) is 4.90 Å². The van der Waals surface area contributed by atoms with E-state index in [9.17, 15) is 9.59 Å². The minimum Gasteiger partial charge on any atom is -0.330 e. The van der Waals surface area contributed by atoms with Crippen molar-refractivity contribution >= 4 is 11.8 Å². The second-order valence-electron chi connectivity index (χ2n) is 6.61. The molecule has 0 spiro atoms. The lowest BCUT2D eigenvalue weighted by molar-refractivity contribution is -0.179. The summed E-state index contributed by atoms with van der Waals surface area (Å²) in [5.74, 6) is -1.81. The van der Waals surface area contributed by atoms with Crippen molar-refractivity contribution in [2.45, 2.75) is 52.1 Å². The molecule has 6 nitrogen and oxygen atoms in total. The molecule has 22 heavy (non-hydrogen) atoms. The van der Waals surface area contributed by atoms with Gasteiger partial charge in [0.1, 0.15) is 11.2 Å². The number of amides is 2. The molecule has 0 aromatic carbocycles. The first-order valence-corrected chi connectivity index (χ1v) is 7.55. The minimum atomic E-state index is -1.31. The van der Waals surface area contributed by atoms with Gasteiger partial charge in [-0.1, -0.05) is 13.8 Å². The molecule has 1 N–H and O–H groups in total. The Bertz CT molecular complexity index is 658. The van der Waals surface area contributed by atoms with Gasteiger partial charge >= 0.3 is 0 Å². The first-order valence-electron chi connectivity index (χ1n) is 7.55. The quantitative estimate of drug-likeness (QED) is 0.921. The summed E-state index contributed by atoms with van der Waals surface area (Å²) in [6.45, 7) is 9.37. The Morgan fingerprint density at radius 2 is 1.95 bits per heavy atom. The van der Waals surface area contributed by atoms with Crippen molar-refractivity contribution in [3.05, 3.63) is 29.6 Å². The highest BCUT2D eigenvalue weighted by Gasteiger charge is 2.68. The van der Waals surface area contributed by atoms with Gasteiger partial charge in [0.2, 0.25) is 5.91 Å². The van der Waals surface area contributed by atoms with E-state index in [2.05, 4.69) is 10.3 Å². The Balaban J connectivity index is 2.26. The average molecular weight is 303 g/mol. The van der Waals surface area contributed by atoms with Crippen molar-refractivity contribution in [2.75, 3.05) is 0 Å². The summed E-state index contributed by atoms with van der Waals surface area (Å²) in [4.78, 5) is 31.5. The molecular weight excluding hydrogens is 282 g/mol. The predicted octanol–water partition coefficient (Wildman–Crippen LogP) is 1.62. The van der Waals surface area contributed by atoms with Crippen LogP contribution in [0.5, 0.6) is 0 Å². The molecule has 2 atom stereocenters. The minimum absolute atomic E-state index is 0.0663. The van der Waals surface area contributed by atoms with Gasteiger partial charge in [0.15, 0.2) is 0 Å². The van der Waals surface area contributed by atoms with Crippen molar-refractivity contribution < 1.29 is 14.3 Å². The molecule has 2 aliphatic rings. The maximum absolute atomic E-state index is 12.9. The molecule has 0 aliphatic carbocycles. The van der Waals surface area contributed by atoms with Gasteiger partial charge in [-0.15, -0.1) is 0 Å². The fourth-order valence-corrected chi connectivity index (χ4v) is 3.25. The number of fused-ring (bicyclic) bond motifs is 3. The van der Waals surface area contributed by atoms with Crippen LogP contribution in [0.25, 0.3) is 0 Å². The van der Waals surface area contributed by atoms with Crippen molar-refractivity contribution in [3.8, 4) is 0 Å². The lowest BCUT2D eigenvalue weighted by atomic mass is 9.87. The van der Waals surface area contributed by atoms with Gasteiger partial charge in [-0.25, -0.2) is 0 Å². The Kier molecular flexibility index (Phi) is 3.08. The molecule has 0 radical (unpaired) electrons.